The average Bonchev–Trinajstić information content (AvgIpc) is 3.06. The fourth-order valence-electron chi connectivity index (χ4n) is 3.34. The molecular formula is C20H22N4OS. The minimum atomic E-state index is 0.482. The van der Waals surface area contributed by atoms with Gasteiger partial charge in [0.2, 0.25) is 0 Å². The van der Waals surface area contributed by atoms with Crippen LogP contribution in [0.3, 0.4) is 0 Å². The molecule has 0 spiro atoms. The highest BCUT2D eigenvalue weighted by molar-refractivity contribution is 7.18. The molecule has 0 atom stereocenters. The van der Waals surface area contributed by atoms with Crippen LogP contribution in [0.4, 0.5) is 5.82 Å². The molecule has 1 saturated heterocycles. The standard InChI is InChI=1S/C20H22N4OS/c1-22-11-16-9-15(12-23-19(16)21)18-3-2-14-10-17(26-20(14)24-18)8-13-4-6-25-7-5-13/h2-3,9-13H,4-8H2,1H3,(H2,21,23). The predicted octanol–water partition coefficient (Wildman–Crippen LogP) is 3.96. The molecule has 0 radical (unpaired) electrons. The zero-order valence-electron chi connectivity index (χ0n) is 14.8. The molecular weight excluding hydrogens is 344 g/mol. The Morgan fingerprint density at radius 1 is 1.31 bits per heavy atom. The maximum atomic E-state index is 5.91. The van der Waals surface area contributed by atoms with Crippen molar-refractivity contribution in [1.29, 1.82) is 0 Å². The molecule has 0 aromatic carbocycles. The fraction of sp³-hybridized carbons (Fsp3) is 0.350. The smallest absolute Gasteiger partial charge is 0.132 e. The molecule has 1 fully saturated rings. The third-order valence-electron chi connectivity index (χ3n) is 4.78. The minimum absolute atomic E-state index is 0.482. The SMILES string of the molecule is CN=Cc1cc(-c2ccc3cc(CC4CCOCC4)sc3n2)cnc1N. The molecule has 3 aromatic heterocycles. The molecule has 0 amide bonds. The van der Waals surface area contributed by atoms with Gasteiger partial charge in [-0.15, -0.1) is 11.3 Å². The van der Waals surface area contributed by atoms with Gasteiger partial charge in [0.1, 0.15) is 10.6 Å². The van der Waals surface area contributed by atoms with E-state index in [4.69, 9.17) is 15.5 Å². The summed E-state index contributed by atoms with van der Waals surface area (Å²) in [7, 11) is 1.72. The Hall–Kier alpha value is -2.31. The summed E-state index contributed by atoms with van der Waals surface area (Å²) < 4.78 is 5.46. The number of ether oxygens (including phenoxy) is 1. The van der Waals surface area contributed by atoms with Crippen LogP contribution in [0.5, 0.6) is 0 Å². The number of nitrogens with zero attached hydrogens (tertiary/aromatic N) is 3. The normalized spacial score (nSPS) is 15.9. The number of aliphatic imine (C=N–C) groups is 1. The van der Waals surface area contributed by atoms with Crippen LogP contribution in [0.25, 0.3) is 21.5 Å². The van der Waals surface area contributed by atoms with Crippen LogP contribution >= 0.6 is 11.3 Å². The van der Waals surface area contributed by atoms with Gasteiger partial charge in [-0.25, -0.2) is 9.97 Å². The highest BCUT2D eigenvalue weighted by Gasteiger charge is 2.16. The number of rotatable bonds is 4. The van der Waals surface area contributed by atoms with Gasteiger partial charge in [0.05, 0.1) is 5.69 Å². The first-order valence-electron chi connectivity index (χ1n) is 8.88. The highest BCUT2D eigenvalue weighted by atomic mass is 32.1. The molecule has 0 aliphatic carbocycles. The number of fused-ring (bicyclic) bond motifs is 1. The molecule has 0 bridgehead atoms. The summed E-state index contributed by atoms with van der Waals surface area (Å²) in [5.74, 6) is 1.21. The molecule has 26 heavy (non-hydrogen) atoms. The van der Waals surface area contributed by atoms with Crippen molar-refractivity contribution in [2.24, 2.45) is 10.9 Å². The number of nitrogen functional groups attached to an aromatic ring is 1. The molecule has 2 N–H and O–H groups in total. The number of hydrogen-bond donors (Lipinski definition) is 1. The number of hydrogen-bond acceptors (Lipinski definition) is 6. The van der Waals surface area contributed by atoms with E-state index in [-0.39, 0.29) is 0 Å². The molecule has 134 valence electrons. The van der Waals surface area contributed by atoms with Gasteiger partial charge in [-0.05, 0) is 49.4 Å². The van der Waals surface area contributed by atoms with Crippen molar-refractivity contribution in [2.75, 3.05) is 26.0 Å². The van der Waals surface area contributed by atoms with E-state index < -0.39 is 0 Å². The molecule has 0 saturated carbocycles. The molecule has 0 unspecified atom stereocenters. The van der Waals surface area contributed by atoms with E-state index >= 15 is 0 Å². The van der Waals surface area contributed by atoms with E-state index in [1.54, 1.807) is 30.8 Å². The first kappa shape index (κ1) is 17.1. The van der Waals surface area contributed by atoms with E-state index in [1.165, 1.54) is 10.3 Å². The topological polar surface area (TPSA) is 73.4 Å². The number of thiophene rings is 1. The second-order valence-corrected chi connectivity index (χ2v) is 7.76. The first-order chi connectivity index (χ1) is 12.7. The molecule has 5 nitrogen and oxygen atoms in total. The van der Waals surface area contributed by atoms with Gasteiger partial charge in [0.25, 0.3) is 0 Å². The van der Waals surface area contributed by atoms with Crippen LogP contribution in [0.15, 0.2) is 35.5 Å². The van der Waals surface area contributed by atoms with Crippen molar-refractivity contribution in [3.8, 4) is 11.3 Å². The number of anilines is 1. The van der Waals surface area contributed by atoms with Gasteiger partial charge >= 0.3 is 0 Å². The third-order valence-corrected chi connectivity index (χ3v) is 5.85. The molecule has 1 aliphatic rings. The summed E-state index contributed by atoms with van der Waals surface area (Å²) >= 11 is 1.79. The van der Waals surface area contributed by atoms with E-state index in [0.29, 0.717) is 5.82 Å². The van der Waals surface area contributed by atoms with Crippen molar-refractivity contribution in [1.82, 2.24) is 9.97 Å². The summed E-state index contributed by atoms with van der Waals surface area (Å²) in [6.45, 7) is 1.79. The Kier molecular flexibility index (Phi) is 4.95. The largest absolute Gasteiger partial charge is 0.383 e. The van der Waals surface area contributed by atoms with Crippen molar-refractivity contribution < 1.29 is 4.74 Å². The predicted molar refractivity (Wildman–Crippen MR) is 108 cm³/mol. The van der Waals surface area contributed by atoms with E-state index in [2.05, 4.69) is 22.1 Å². The second-order valence-electron chi connectivity index (χ2n) is 6.65. The van der Waals surface area contributed by atoms with Crippen molar-refractivity contribution >= 4 is 33.6 Å². The van der Waals surface area contributed by atoms with Crippen LogP contribution in [0, 0.1) is 5.92 Å². The highest BCUT2D eigenvalue weighted by Crippen LogP contribution is 2.31. The number of nitrogens with two attached hydrogens (primary N) is 1. The Morgan fingerprint density at radius 3 is 2.96 bits per heavy atom. The lowest BCUT2D eigenvalue weighted by Crippen LogP contribution is -2.17. The molecule has 1 aliphatic heterocycles. The van der Waals surface area contributed by atoms with Crippen LogP contribution in [0.2, 0.25) is 0 Å². The van der Waals surface area contributed by atoms with Crippen molar-refractivity contribution in [3.63, 3.8) is 0 Å². The summed E-state index contributed by atoms with van der Waals surface area (Å²) in [6.07, 6.45) is 6.94. The quantitative estimate of drug-likeness (QED) is 0.709. The monoisotopic (exact) mass is 366 g/mol. The van der Waals surface area contributed by atoms with Crippen LogP contribution < -0.4 is 5.73 Å². The maximum Gasteiger partial charge on any atom is 0.132 e. The molecule has 4 rings (SSSR count). The Labute approximate surface area is 157 Å². The lowest BCUT2D eigenvalue weighted by atomic mass is 9.96. The van der Waals surface area contributed by atoms with Crippen LogP contribution in [-0.2, 0) is 11.2 Å². The fourth-order valence-corrected chi connectivity index (χ4v) is 4.48. The minimum Gasteiger partial charge on any atom is -0.383 e. The zero-order valence-corrected chi connectivity index (χ0v) is 15.6. The van der Waals surface area contributed by atoms with Gasteiger partial charge in [-0.1, -0.05) is 0 Å². The lowest BCUT2D eigenvalue weighted by Gasteiger charge is -2.21. The Morgan fingerprint density at radius 2 is 2.15 bits per heavy atom. The van der Waals surface area contributed by atoms with Crippen molar-refractivity contribution in [3.05, 3.63) is 40.9 Å². The summed E-state index contributed by atoms with van der Waals surface area (Å²) in [5.41, 5.74) is 8.59. The number of pyridine rings is 2. The third kappa shape index (κ3) is 3.61. The Bertz CT molecular complexity index is 944. The molecule has 6 heteroatoms. The van der Waals surface area contributed by atoms with E-state index in [1.807, 2.05) is 12.1 Å². The first-order valence-corrected chi connectivity index (χ1v) is 9.70. The Balaban J connectivity index is 1.62. The van der Waals surface area contributed by atoms with Gasteiger partial charge in [0, 0.05) is 54.1 Å². The van der Waals surface area contributed by atoms with Gasteiger partial charge in [0.15, 0.2) is 0 Å². The average molecular weight is 366 g/mol. The summed E-state index contributed by atoms with van der Waals surface area (Å²) in [6, 6.07) is 8.46. The van der Waals surface area contributed by atoms with E-state index in [0.717, 1.165) is 60.0 Å². The summed E-state index contributed by atoms with van der Waals surface area (Å²) in [4.78, 5) is 15.7. The molecule has 3 aromatic rings. The van der Waals surface area contributed by atoms with Gasteiger partial charge in [-0.2, -0.15) is 0 Å². The van der Waals surface area contributed by atoms with Crippen LogP contribution in [0.1, 0.15) is 23.3 Å². The van der Waals surface area contributed by atoms with Crippen LogP contribution in [-0.4, -0.2) is 36.4 Å². The zero-order chi connectivity index (χ0) is 17.9. The lowest BCUT2D eigenvalue weighted by molar-refractivity contribution is 0.0667. The second kappa shape index (κ2) is 7.51. The van der Waals surface area contributed by atoms with E-state index in [9.17, 15) is 0 Å². The number of aromatic nitrogens is 2. The van der Waals surface area contributed by atoms with Crippen molar-refractivity contribution in [2.45, 2.75) is 19.3 Å². The molecule has 4 heterocycles. The van der Waals surface area contributed by atoms with Gasteiger partial charge in [-0.3, -0.25) is 4.99 Å². The maximum absolute atomic E-state index is 5.91. The van der Waals surface area contributed by atoms with Gasteiger partial charge < -0.3 is 10.5 Å². The summed E-state index contributed by atoms with van der Waals surface area (Å²) in [5, 5.41) is 1.21.